The number of hydrogen-bond donors (Lipinski definition) is 2. The van der Waals surface area contributed by atoms with E-state index in [-0.39, 0.29) is 12.6 Å². The van der Waals surface area contributed by atoms with Gasteiger partial charge in [-0.3, -0.25) is 0 Å². The maximum atomic E-state index is 11.2. The molecule has 2 amide bonds. The van der Waals surface area contributed by atoms with E-state index >= 15 is 0 Å². The SMILES string of the molecule is CCN(CCCO)CCN1CCNC1=O. The van der Waals surface area contributed by atoms with Gasteiger partial charge in [-0.2, -0.15) is 0 Å². The number of likely N-dealkylation sites (N-methyl/N-ethyl adjacent to an activating group) is 1. The van der Waals surface area contributed by atoms with Crippen molar-refractivity contribution in [3.05, 3.63) is 0 Å². The predicted octanol–water partition coefficient (Wildman–Crippen LogP) is -0.284. The van der Waals surface area contributed by atoms with Gasteiger partial charge in [-0.05, 0) is 13.0 Å². The molecule has 0 radical (unpaired) electrons. The summed E-state index contributed by atoms with van der Waals surface area (Å²) in [6.07, 6.45) is 0.806. The first-order valence-corrected chi connectivity index (χ1v) is 5.64. The number of rotatable bonds is 7. The summed E-state index contributed by atoms with van der Waals surface area (Å²) in [5, 5.41) is 11.5. The Hall–Kier alpha value is -0.810. The van der Waals surface area contributed by atoms with Gasteiger partial charge in [0.25, 0.3) is 0 Å². The first-order valence-electron chi connectivity index (χ1n) is 5.64. The molecule has 0 spiro atoms. The van der Waals surface area contributed by atoms with E-state index in [0.717, 1.165) is 45.7 Å². The Bertz CT molecular complexity index is 199. The van der Waals surface area contributed by atoms with E-state index in [1.54, 1.807) is 0 Å². The zero-order valence-corrected chi connectivity index (χ0v) is 9.41. The van der Waals surface area contributed by atoms with E-state index in [9.17, 15) is 4.79 Å². The lowest BCUT2D eigenvalue weighted by Gasteiger charge is -2.23. The van der Waals surface area contributed by atoms with Crippen molar-refractivity contribution >= 4 is 6.03 Å². The minimum Gasteiger partial charge on any atom is -0.396 e. The molecule has 0 aromatic carbocycles. The molecule has 0 aliphatic carbocycles. The number of nitrogens with zero attached hydrogens (tertiary/aromatic N) is 2. The Balaban J connectivity index is 2.18. The lowest BCUT2D eigenvalue weighted by molar-refractivity contribution is 0.194. The van der Waals surface area contributed by atoms with Gasteiger partial charge in [0.05, 0.1) is 0 Å². The van der Waals surface area contributed by atoms with Crippen molar-refractivity contribution in [2.75, 3.05) is 45.9 Å². The van der Waals surface area contributed by atoms with Gasteiger partial charge in [-0.25, -0.2) is 4.79 Å². The molecule has 1 heterocycles. The number of urea groups is 1. The van der Waals surface area contributed by atoms with E-state index in [0.29, 0.717) is 0 Å². The minimum atomic E-state index is 0.0493. The van der Waals surface area contributed by atoms with Gasteiger partial charge >= 0.3 is 6.03 Å². The van der Waals surface area contributed by atoms with E-state index in [4.69, 9.17) is 5.11 Å². The van der Waals surface area contributed by atoms with Crippen molar-refractivity contribution < 1.29 is 9.90 Å². The summed E-state index contributed by atoms with van der Waals surface area (Å²) in [6, 6.07) is 0.0493. The van der Waals surface area contributed by atoms with Gasteiger partial charge in [-0.1, -0.05) is 6.92 Å². The largest absolute Gasteiger partial charge is 0.396 e. The fourth-order valence-corrected chi connectivity index (χ4v) is 1.71. The van der Waals surface area contributed by atoms with E-state index < -0.39 is 0 Å². The Kier molecular flexibility index (Phi) is 5.42. The van der Waals surface area contributed by atoms with Crippen molar-refractivity contribution in [1.82, 2.24) is 15.1 Å². The molecule has 1 saturated heterocycles. The zero-order chi connectivity index (χ0) is 11.1. The maximum Gasteiger partial charge on any atom is 0.317 e. The summed E-state index contributed by atoms with van der Waals surface area (Å²) < 4.78 is 0. The number of carbonyl (C=O) groups is 1. The highest BCUT2D eigenvalue weighted by Gasteiger charge is 2.19. The van der Waals surface area contributed by atoms with Gasteiger partial charge in [0.15, 0.2) is 0 Å². The molecule has 1 aliphatic heterocycles. The van der Waals surface area contributed by atoms with Crippen LogP contribution in [0, 0.1) is 0 Å². The third-order valence-electron chi connectivity index (χ3n) is 2.71. The smallest absolute Gasteiger partial charge is 0.317 e. The van der Waals surface area contributed by atoms with E-state index in [2.05, 4.69) is 17.1 Å². The van der Waals surface area contributed by atoms with Gasteiger partial charge in [-0.15, -0.1) is 0 Å². The molecule has 0 aromatic heterocycles. The fourth-order valence-electron chi connectivity index (χ4n) is 1.71. The van der Waals surface area contributed by atoms with E-state index in [1.807, 2.05) is 4.90 Å². The highest BCUT2D eigenvalue weighted by molar-refractivity contribution is 5.76. The van der Waals surface area contributed by atoms with E-state index in [1.165, 1.54) is 0 Å². The lowest BCUT2D eigenvalue weighted by Crippen LogP contribution is -2.37. The summed E-state index contributed by atoms with van der Waals surface area (Å²) in [5.41, 5.74) is 0. The quantitative estimate of drug-likeness (QED) is 0.614. The summed E-state index contributed by atoms with van der Waals surface area (Å²) in [7, 11) is 0. The van der Waals surface area contributed by atoms with Crippen molar-refractivity contribution in [1.29, 1.82) is 0 Å². The molecule has 1 aliphatic rings. The second-order valence-corrected chi connectivity index (χ2v) is 3.73. The van der Waals surface area contributed by atoms with Crippen LogP contribution in [0.5, 0.6) is 0 Å². The maximum absolute atomic E-state index is 11.2. The zero-order valence-electron chi connectivity index (χ0n) is 9.41. The normalized spacial score (nSPS) is 16.2. The molecule has 0 atom stereocenters. The number of hydrogen-bond acceptors (Lipinski definition) is 3. The summed E-state index contributed by atoms with van der Waals surface area (Å²) in [5.74, 6) is 0. The molecule has 1 rings (SSSR count). The second kappa shape index (κ2) is 6.63. The van der Waals surface area contributed by atoms with Crippen LogP contribution in [0.1, 0.15) is 13.3 Å². The van der Waals surface area contributed by atoms with Crippen LogP contribution < -0.4 is 5.32 Å². The Morgan fingerprint density at radius 1 is 1.53 bits per heavy atom. The van der Waals surface area contributed by atoms with Crippen molar-refractivity contribution in [2.24, 2.45) is 0 Å². The number of aliphatic hydroxyl groups is 1. The monoisotopic (exact) mass is 215 g/mol. The third-order valence-corrected chi connectivity index (χ3v) is 2.71. The van der Waals surface area contributed by atoms with Crippen LogP contribution in [-0.2, 0) is 0 Å². The van der Waals surface area contributed by atoms with Crippen LogP contribution in [0.2, 0.25) is 0 Å². The molecule has 5 nitrogen and oxygen atoms in total. The van der Waals surface area contributed by atoms with Crippen LogP contribution in [0.4, 0.5) is 4.79 Å². The molecule has 15 heavy (non-hydrogen) atoms. The second-order valence-electron chi connectivity index (χ2n) is 3.73. The molecule has 1 fully saturated rings. The Morgan fingerprint density at radius 3 is 2.87 bits per heavy atom. The fraction of sp³-hybridized carbons (Fsp3) is 0.900. The van der Waals surface area contributed by atoms with Crippen molar-refractivity contribution in [3.8, 4) is 0 Å². The highest BCUT2D eigenvalue weighted by Crippen LogP contribution is 1.98. The Morgan fingerprint density at radius 2 is 2.33 bits per heavy atom. The van der Waals surface area contributed by atoms with Gasteiger partial charge < -0.3 is 20.2 Å². The molecule has 88 valence electrons. The van der Waals surface area contributed by atoms with Crippen LogP contribution >= 0.6 is 0 Å². The summed E-state index contributed by atoms with van der Waals surface area (Å²) >= 11 is 0. The molecular formula is C10H21N3O2. The molecule has 2 N–H and O–H groups in total. The van der Waals surface area contributed by atoms with Crippen molar-refractivity contribution in [3.63, 3.8) is 0 Å². The standard InChI is InChI=1S/C10H21N3O2/c1-2-12(5-3-9-14)7-8-13-6-4-11-10(13)15/h14H,2-9H2,1H3,(H,11,15). The van der Waals surface area contributed by atoms with Crippen LogP contribution in [-0.4, -0.2) is 66.8 Å². The predicted molar refractivity (Wildman–Crippen MR) is 58.8 cm³/mol. The number of aliphatic hydroxyl groups excluding tert-OH is 1. The molecule has 0 bridgehead atoms. The average Bonchev–Trinajstić information content (AvgIpc) is 2.65. The molecule has 0 aromatic rings. The number of amides is 2. The first kappa shape index (κ1) is 12.3. The van der Waals surface area contributed by atoms with Gasteiger partial charge in [0.2, 0.25) is 0 Å². The minimum absolute atomic E-state index is 0.0493. The van der Waals surface area contributed by atoms with Gasteiger partial charge in [0, 0.05) is 39.3 Å². The first-order chi connectivity index (χ1) is 7.27. The lowest BCUT2D eigenvalue weighted by atomic mass is 10.3. The topological polar surface area (TPSA) is 55.8 Å². The summed E-state index contributed by atoms with van der Waals surface area (Å²) in [4.78, 5) is 15.3. The third kappa shape index (κ3) is 4.05. The number of carbonyl (C=O) groups excluding carboxylic acids is 1. The highest BCUT2D eigenvalue weighted by atomic mass is 16.3. The van der Waals surface area contributed by atoms with Crippen molar-refractivity contribution in [2.45, 2.75) is 13.3 Å². The molecule has 0 saturated carbocycles. The summed E-state index contributed by atoms with van der Waals surface area (Å²) in [6.45, 7) is 7.47. The molecular weight excluding hydrogens is 194 g/mol. The van der Waals surface area contributed by atoms with Crippen LogP contribution in [0.25, 0.3) is 0 Å². The molecule has 5 heteroatoms. The molecule has 0 unspecified atom stereocenters. The van der Waals surface area contributed by atoms with Gasteiger partial charge in [0.1, 0.15) is 0 Å². The van der Waals surface area contributed by atoms with Crippen LogP contribution in [0.3, 0.4) is 0 Å². The number of nitrogens with one attached hydrogen (secondary N) is 1. The van der Waals surface area contributed by atoms with Crippen LogP contribution in [0.15, 0.2) is 0 Å². The Labute approximate surface area is 91.0 Å². The average molecular weight is 215 g/mol.